The molecule has 29 heavy (non-hydrogen) atoms. The Kier molecular flexibility index (Phi) is 5.67. The van der Waals surface area contributed by atoms with Gasteiger partial charge in [0.15, 0.2) is 11.6 Å². The standard InChI is InChI=1S/C20H17F3N4O2/c1-11-18(19(23)27(2)26-11)20(28)25-17-9-16(22)15(21)8-14(17)13-6-4-12(5-7-13)10-24-29-3/h4-10H,1-3H3,(H,25,28). The summed E-state index contributed by atoms with van der Waals surface area (Å²) in [7, 11) is 2.77. The molecule has 6 nitrogen and oxygen atoms in total. The van der Waals surface area contributed by atoms with Crippen molar-refractivity contribution in [1.82, 2.24) is 9.78 Å². The second-order valence-corrected chi connectivity index (χ2v) is 6.18. The van der Waals surface area contributed by atoms with E-state index >= 15 is 0 Å². The molecule has 0 saturated carbocycles. The summed E-state index contributed by atoms with van der Waals surface area (Å²) < 4.78 is 42.8. The van der Waals surface area contributed by atoms with Crippen molar-refractivity contribution in [1.29, 1.82) is 0 Å². The van der Waals surface area contributed by atoms with Crippen molar-refractivity contribution in [2.75, 3.05) is 12.4 Å². The first-order valence-electron chi connectivity index (χ1n) is 8.48. The van der Waals surface area contributed by atoms with E-state index in [0.29, 0.717) is 5.56 Å². The van der Waals surface area contributed by atoms with Crippen LogP contribution in [0.2, 0.25) is 0 Å². The highest BCUT2D eigenvalue weighted by Gasteiger charge is 2.22. The average molecular weight is 402 g/mol. The van der Waals surface area contributed by atoms with Gasteiger partial charge in [-0.1, -0.05) is 29.4 Å². The molecule has 0 atom stereocenters. The number of nitrogens with zero attached hydrogens (tertiary/aromatic N) is 3. The zero-order chi connectivity index (χ0) is 21.1. The molecule has 0 aliphatic heterocycles. The van der Waals surface area contributed by atoms with Gasteiger partial charge in [0.25, 0.3) is 5.91 Å². The Morgan fingerprint density at radius 3 is 2.41 bits per heavy atom. The number of benzene rings is 2. The van der Waals surface area contributed by atoms with Gasteiger partial charge in [-0.2, -0.15) is 9.49 Å². The van der Waals surface area contributed by atoms with Crippen molar-refractivity contribution in [2.45, 2.75) is 6.92 Å². The predicted octanol–water partition coefficient (Wildman–Crippen LogP) is 4.05. The molecule has 150 valence electrons. The van der Waals surface area contributed by atoms with Crippen molar-refractivity contribution < 1.29 is 22.8 Å². The van der Waals surface area contributed by atoms with E-state index in [1.54, 1.807) is 24.3 Å². The number of carbonyl (C=O) groups is 1. The van der Waals surface area contributed by atoms with Gasteiger partial charge in [-0.05, 0) is 24.1 Å². The zero-order valence-corrected chi connectivity index (χ0v) is 15.8. The van der Waals surface area contributed by atoms with Gasteiger partial charge in [0.05, 0.1) is 17.6 Å². The van der Waals surface area contributed by atoms with Crippen LogP contribution in [0.1, 0.15) is 21.6 Å². The molecule has 1 aromatic heterocycles. The molecule has 0 fully saturated rings. The topological polar surface area (TPSA) is 68.5 Å². The molecule has 0 aliphatic carbocycles. The Balaban J connectivity index is 2.00. The molecule has 0 spiro atoms. The minimum absolute atomic E-state index is 0.00476. The molecular weight excluding hydrogens is 385 g/mol. The number of anilines is 1. The van der Waals surface area contributed by atoms with Crippen LogP contribution >= 0.6 is 0 Å². The number of carbonyl (C=O) groups excluding carboxylic acids is 1. The van der Waals surface area contributed by atoms with Gasteiger partial charge in [-0.25, -0.2) is 13.5 Å². The van der Waals surface area contributed by atoms with Gasteiger partial charge >= 0.3 is 0 Å². The van der Waals surface area contributed by atoms with Gasteiger partial charge in [-0.15, -0.1) is 0 Å². The summed E-state index contributed by atoms with van der Waals surface area (Å²) in [4.78, 5) is 17.2. The number of aryl methyl sites for hydroxylation is 2. The molecule has 1 amide bonds. The van der Waals surface area contributed by atoms with Gasteiger partial charge in [0.2, 0.25) is 5.95 Å². The molecule has 0 radical (unpaired) electrons. The van der Waals surface area contributed by atoms with Crippen LogP contribution in [0.25, 0.3) is 11.1 Å². The Hall–Kier alpha value is -3.62. The Morgan fingerprint density at radius 1 is 1.17 bits per heavy atom. The maximum Gasteiger partial charge on any atom is 0.262 e. The largest absolute Gasteiger partial charge is 0.399 e. The number of nitrogens with one attached hydrogen (secondary N) is 1. The van der Waals surface area contributed by atoms with Crippen molar-refractivity contribution in [2.24, 2.45) is 12.2 Å². The first-order chi connectivity index (χ1) is 13.8. The molecule has 9 heteroatoms. The first kappa shape index (κ1) is 20.1. The normalized spacial score (nSPS) is 11.1. The number of hydrogen-bond donors (Lipinski definition) is 1. The van der Waals surface area contributed by atoms with Crippen LogP contribution in [0.4, 0.5) is 18.9 Å². The second kappa shape index (κ2) is 8.17. The van der Waals surface area contributed by atoms with Crippen LogP contribution < -0.4 is 5.32 Å². The molecule has 1 heterocycles. The third kappa shape index (κ3) is 4.13. The van der Waals surface area contributed by atoms with Gasteiger partial charge in [-0.3, -0.25) is 4.79 Å². The van der Waals surface area contributed by atoms with Crippen LogP contribution in [-0.4, -0.2) is 29.0 Å². The van der Waals surface area contributed by atoms with Crippen molar-refractivity contribution in [3.8, 4) is 11.1 Å². The zero-order valence-electron chi connectivity index (χ0n) is 15.8. The van der Waals surface area contributed by atoms with Crippen LogP contribution in [0, 0.1) is 24.5 Å². The number of halogens is 3. The summed E-state index contributed by atoms with van der Waals surface area (Å²) in [5.74, 6) is -3.86. The predicted molar refractivity (Wildman–Crippen MR) is 102 cm³/mol. The van der Waals surface area contributed by atoms with E-state index in [1.165, 1.54) is 27.3 Å². The Bertz CT molecular complexity index is 1090. The van der Waals surface area contributed by atoms with Gasteiger partial charge in [0, 0.05) is 18.7 Å². The number of rotatable bonds is 5. The number of hydrogen-bond acceptors (Lipinski definition) is 4. The van der Waals surface area contributed by atoms with Gasteiger partial charge < -0.3 is 10.2 Å². The Labute approximate surface area is 164 Å². The first-order valence-corrected chi connectivity index (χ1v) is 8.48. The lowest BCUT2D eigenvalue weighted by Crippen LogP contribution is -2.15. The van der Waals surface area contributed by atoms with E-state index < -0.39 is 23.5 Å². The molecule has 0 bridgehead atoms. The van der Waals surface area contributed by atoms with E-state index in [9.17, 15) is 18.0 Å². The Morgan fingerprint density at radius 2 is 1.83 bits per heavy atom. The molecule has 1 N–H and O–H groups in total. The van der Waals surface area contributed by atoms with Crippen molar-refractivity contribution >= 4 is 17.8 Å². The molecule has 3 aromatic rings. The van der Waals surface area contributed by atoms with Crippen LogP contribution in [0.15, 0.2) is 41.6 Å². The maximum atomic E-state index is 14.2. The second-order valence-electron chi connectivity index (χ2n) is 6.18. The van der Waals surface area contributed by atoms with Gasteiger partial charge in [0.1, 0.15) is 12.7 Å². The van der Waals surface area contributed by atoms with E-state index in [-0.39, 0.29) is 22.5 Å². The lowest BCUT2D eigenvalue weighted by Gasteiger charge is -2.12. The summed E-state index contributed by atoms with van der Waals surface area (Å²) in [5, 5.41) is 9.94. The number of aromatic nitrogens is 2. The molecule has 2 aromatic carbocycles. The van der Waals surface area contributed by atoms with Crippen LogP contribution in [-0.2, 0) is 11.9 Å². The third-order valence-corrected chi connectivity index (χ3v) is 4.22. The molecule has 0 aliphatic rings. The fraction of sp³-hybridized carbons (Fsp3) is 0.150. The lowest BCUT2D eigenvalue weighted by molar-refractivity contribution is 0.102. The molecule has 0 unspecified atom stereocenters. The summed E-state index contributed by atoms with van der Waals surface area (Å²) in [5.41, 5.74) is 1.36. The van der Waals surface area contributed by atoms with Crippen LogP contribution in [0.3, 0.4) is 0 Å². The number of amides is 1. The SMILES string of the molecule is CON=Cc1ccc(-c2cc(F)c(F)cc2NC(=O)c2c(C)nn(C)c2F)cc1. The minimum Gasteiger partial charge on any atom is -0.399 e. The van der Waals surface area contributed by atoms with Crippen LogP contribution in [0.5, 0.6) is 0 Å². The minimum atomic E-state index is -1.14. The average Bonchev–Trinajstić information content (AvgIpc) is 2.95. The maximum absolute atomic E-state index is 14.2. The molecule has 3 rings (SSSR count). The molecular formula is C20H17F3N4O2. The highest BCUT2D eigenvalue weighted by atomic mass is 19.2. The van der Waals surface area contributed by atoms with E-state index in [2.05, 4.69) is 20.4 Å². The summed E-state index contributed by atoms with van der Waals surface area (Å²) in [6.45, 7) is 1.48. The third-order valence-electron chi connectivity index (χ3n) is 4.22. The van der Waals surface area contributed by atoms with Crippen molar-refractivity contribution in [3.05, 3.63) is 70.8 Å². The molecule has 0 saturated heterocycles. The van der Waals surface area contributed by atoms with E-state index in [0.717, 1.165) is 22.4 Å². The highest BCUT2D eigenvalue weighted by Crippen LogP contribution is 2.31. The van der Waals surface area contributed by atoms with E-state index in [4.69, 9.17) is 0 Å². The lowest BCUT2D eigenvalue weighted by atomic mass is 10.0. The fourth-order valence-corrected chi connectivity index (χ4v) is 2.82. The summed E-state index contributed by atoms with van der Waals surface area (Å²) in [6, 6.07) is 8.50. The fourth-order valence-electron chi connectivity index (χ4n) is 2.82. The van der Waals surface area contributed by atoms with E-state index in [1.807, 2.05) is 0 Å². The highest BCUT2D eigenvalue weighted by molar-refractivity contribution is 6.07. The monoisotopic (exact) mass is 402 g/mol. The quantitative estimate of drug-likeness (QED) is 0.517. The summed E-state index contributed by atoms with van der Waals surface area (Å²) >= 11 is 0. The number of oxime groups is 1. The smallest absolute Gasteiger partial charge is 0.262 e. The van der Waals surface area contributed by atoms with Crippen molar-refractivity contribution in [3.63, 3.8) is 0 Å². The summed E-state index contributed by atoms with van der Waals surface area (Å²) in [6.07, 6.45) is 1.48.